The molecule has 2 aromatic heterocycles. The van der Waals surface area contributed by atoms with Gasteiger partial charge in [-0.25, -0.2) is 0 Å². The lowest BCUT2D eigenvalue weighted by Gasteiger charge is -2.25. The summed E-state index contributed by atoms with van der Waals surface area (Å²) in [6.07, 6.45) is 1.94. The van der Waals surface area contributed by atoms with E-state index in [1.165, 1.54) is 6.07 Å². The van der Waals surface area contributed by atoms with Gasteiger partial charge in [-0.15, -0.1) is 0 Å². The Hall–Kier alpha value is -2.61. The lowest BCUT2D eigenvalue weighted by Crippen LogP contribution is -2.40. The van der Waals surface area contributed by atoms with E-state index in [-0.39, 0.29) is 11.9 Å². The van der Waals surface area contributed by atoms with Gasteiger partial charge in [-0.1, -0.05) is 5.16 Å². The molecule has 1 unspecified atom stereocenters. The van der Waals surface area contributed by atoms with E-state index in [1.807, 2.05) is 48.9 Å². The molecule has 8 heteroatoms. The highest BCUT2D eigenvalue weighted by Gasteiger charge is 2.21. The van der Waals surface area contributed by atoms with Crippen LogP contribution < -0.4 is 10.6 Å². The third-order valence-electron chi connectivity index (χ3n) is 3.48. The molecule has 0 bridgehead atoms. The van der Waals surface area contributed by atoms with Crippen LogP contribution in [0.2, 0.25) is 0 Å². The zero-order chi connectivity index (χ0) is 17.0. The normalized spacial score (nSPS) is 12.2. The molecule has 0 aromatic carbocycles. The van der Waals surface area contributed by atoms with Gasteiger partial charge in [0.25, 0.3) is 0 Å². The molecule has 0 aliphatic heterocycles. The van der Waals surface area contributed by atoms with Crippen molar-refractivity contribution in [1.29, 1.82) is 0 Å². The molecule has 0 saturated heterocycles. The van der Waals surface area contributed by atoms with Crippen LogP contribution in [0.1, 0.15) is 17.5 Å². The standard InChI is InChI=1S/C15H21N5O3/c1-10-8-13(18-23-10)17-15(22)14(21)16-9-12(19(2)3)11-6-5-7-20(11)4/h5-8,12H,9H2,1-4H3,(H,16,21)(H,17,18,22). The van der Waals surface area contributed by atoms with Gasteiger partial charge in [-0.05, 0) is 33.2 Å². The summed E-state index contributed by atoms with van der Waals surface area (Å²) >= 11 is 0. The maximum absolute atomic E-state index is 11.9. The molecule has 0 aliphatic rings. The molecule has 0 aliphatic carbocycles. The highest BCUT2D eigenvalue weighted by Crippen LogP contribution is 2.17. The summed E-state index contributed by atoms with van der Waals surface area (Å²) in [5.41, 5.74) is 1.04. The van der Waals surface area contributed by atoms with Gasteiger partial charge in [0.2, 0.25) is 0 Å². The predicted molar refractivity (Wildman–Crippen MR) is 84.7 cm³/mol. The number of aromatic nitrogens is 2. The average Bonchev–Trinajstić information content (AvgIpc) is 3.08. The molecule has 0 radical (unpaired) electrons. The number of nitrogens with zero attached hydrogens (tertiary/aromatic N) is 3. The van der Waals surface area contributed by atoms with E-state index < -0.39 is 11.8 Å². The second-order valence-electron chi connectivity index (χ2n) is 5.51. The van der Waals surface area contributed by atoms with E-state index >= 15 is 0 Å². The lowest BCUT2D eigenvalue weighted by atomic mass is 10.2. The molecule has 1 atom stereocenters. The van der Waals surface area contributed by atoms with Crippen LogP contribution in [0, 0.1) is 6.92 Å². The summed E-state index contributed by atoms with van der Waals surface area (Å²) in [6, 6.07) is 5.42. The molecule has 2 heterocycles. The number of carbonyl (C=O) groups excluding carboxylic acids is 2. The maximum Gasteiger partial charge on any atom is 0.314 e. The Morgan fingerprint density at radius 1 is 1.39 bits per heavy atom. The van der Waals surface area contributed by atoms with Gasteiger partial charge in [-0.3, -0.25) is 19.8 Å². The number of carbonyl (C=O) groups is 2. The predicted octanol–water partition coefficient (Wildman–Crippen LogP) is 0.679. The first kappa shape index (κ1) is 16.8. The zero-order valence-corrected chi connectivity index (χ0v) is 13.7. The van der Waals surface area contributed by atoms with E-state index in [0.29, 0.717) is 12.3 Å². The summed E-state index contributed by atoms with van der Waals surface area (Å²) in [5, 5.41) is 8.64. The number of hydrogen-bond acceptors (Lipinski definition) is 5. The first-order chi connectivity index (χ1) is 10.9. The summed E-state index contributed by atoms with van der Waals surface area (Å²) in [6.45, 7) is 2.01. The Bertz CT molecular complexity index is 689. The van der Waals surface area contributed by atoms with Gasteiger partial charge in [0.05, 0.1) is 6.04 Å². The SMILES string of the molecule is Cc1cc(NC(=O)C(=O)NCC(c2cccn2C)N(C)C)no1. The monoisotopic (exact) mass is 319 g/mol. The van der Waals surface area contributed by atoms with E-state index in [2.05, 4.69) is 15.8 Å². The van der Waals surface area contributed by atoms with E-state index in [1.54, 1.807) is 6.92 Å². The van der Waals surface area contributed by atoms with Crippen LogP contribution in [0.15, 0.2) is 28.9 Å². The minimum atomic E-state index is -0.775. The van der Waals surface area contributed by atoms with Crippen molar-refractivity contribution in [2.75, 3.05) is 26.0 Å². The minimum absolute atomic E-state index is 0.0407. The number of hydrogen-bond donors (Lipinski definition) is 2. The number of aryl methyl sites for hydroxylation is 2. The fourth-order valence-corrected chi connectivity index (χ4v) is 2.24. The summed E-state index contributed by atoms with van der Waals surface area (Å²) in [7, 11) is 5.78. The fourth-order valence-electron chi connectivity index (χ4n) is 2.24. The van der Waals surface area contributed by atoms with Crippen LogP contribution in [-0.2, 0) is 16.6 Å². The van der Waals surface area contributed by atoms with Gasteiger partial charge in [0, 0.05) is 31.5 Å². The number of amides is 2. The van der Waals surface area contributed by atoms with Crippen molar-refractivity contribution < 1.29 is 14.1 Å². The third-order valence-corrected chi connectivity index (χ3v) is 3.48. The van der Waals surface area contributed by atoms with Crippen LogP contribution in [0.4, 0.5) is 5.82 Å². The van der Waals surface area contributed by atoms with Crippen molar-refractivity contribution in [1.82, 2.24) is 19.9 Å². The highest BCUT2D eigenvalue weighted by molar-refractivity contribution is 6.39. The Balaban J connectivity index is 1.93. The molecule has 0 fully saturated rings. The van der Waals surface area contributed by atoms with Crippen LogP contribution >= 0.6 is 0 Å². The topological polar surface area (TPSA) is 92.4 Å². The minimum Gasteiger partial charge on any atom is -0.360 e. The third kappa shape index (κ3) is 4.19. The van der Waals surface area contributed by atoms with Gasteiger partial charge in [0.15, 0.2) is 5.82 Å². The van der Waals surface area contributed by atoms with Crippen molar-refractivity contribution in [2.45, 2.75) is 13.0 Å². The van der Waals surface area contributed by atoms with Crippen molar-refractivity contribution in [3.63, 3.8) is 0 Å². The number of rotatable bonds is 5. The van der Waals surface area contributed by atoms with Crippen LogP contribution in [-0.4, -0.2) is 47.1 Å². The molecule has 2 N–H and O–H groups in total. The van der Waals surface area contributed by atoms with Crippen LogP contribution in [0.3, 0.4) is 0 Å². The van der Waals surface area contributed by atoms with Gasteiger partial charge >= 0.3 is 11.8 Å². The van der Waals surface area contributed by atoms with Crippen molar-refractivity contribution in [3.05, 3.63) is 35.9 Å². The van der Waals surface area contributed by atoms with Crippen molar-refractivity contribution >= 4 is 17.6 Å². The molecule has 23 heavy (non-hydrogen) atoms. The van der Waals surface area contributed by atoms with Gasteiger partial charge in [0.1, 0.15) is 5.76 Å². The molecule has 2 aromatic rings. The second-order valence-corrected chi connectivity index (χ2v) is 5.51. The summed E-state index contributed by atoms with van der Waals surface area (Å²) < 4.78 is 6.81. The van der Waals surface area contributed by atoms with Crippen LogP contribution in [0.5, 0.6) is 0 Å². The zero-order valence-electron chi connectivity index (χ0n) is 13.7. The molecule has 0 spiro atoms. The van der Waals surface area contributed by atoms with Crippen molar-refractivity contribution in [2.24, 2.45) is 7.05 Å². The largest absolute Gasteiger partial charge is 0.360 e. The summed E-state index contributed by atoms with van der Waals surface area (Å²) in [5.74, 6) is -0.722. The van der Waals surface area contributed by atoms with Gasteiger partial charge in [-0.2, -0.15) is 0 Å². The highest BCUT2D eigenvalue weighted by atomic mass is 16.5. The summed E-state index contributed by atoms with van der Waals surface area (Å²) in [4.78, 5) is 25.7. The maximum atomic E-state index is 11.9. The molecule has 2 amide bonds. The molecular formula is C15H21N5O3. The second kappa shape index (κ2) is 7.10. The molecule has 0 saturated carbocycles. The van der Waals surface area contributed by atoms with Gasteiger partial charge < -0.3 is 14.4 Å². The number of anilines is 1. The number of likely N-dealkylation sites (N-methyl/N-ethyl adjacent to an activating group) is 1. The average molecular weight is 319 g/mol. The van der Waals surface area contributed by atoms with Crippen LogP contribution in [0.25, 0.3) is 0 Å². The quantitative estimate of drug-likeness (QED) is 0.791. The van der Waals surface area contributed by atoms with E-state index in [4.69, 9.17) is 4.52 Å². The first-order valence-corrected chi connectivity index (χ1v) is 7.18. The smallest absolute Gasteiger partial charge is 0.314 e. The van der Waals surface area contributed by atoms with Crippen molar-refractivity contribution in [3.8, 4) is 0 Å². The van der Waals surface area contributed by atoms with E-state index in [9.17, 15) is 9.59 Å². The number of nitrogens with one attached hydrogen (secondary N) is 2. The molecule has 2 rings (SSSR count). The lowest BCUT2D eigenvalue weighted by molar-refractivity contribution is -0.136. The Kier molecular flexibility index (Phi) is 5.17. The van der Waals surface area contributed by atoms with E-state index in [0.717, 1.165) is 5.69 Å². The molecule has 124 valence electrons. The molecule has 8 nitrogen and oxygen atoms in total. The Morgan fingerprint density at radius 2 is 2.13 bits per heavy atom. The first-order valence-electron chi connectivity index (χ1n) is 7.18. The fraction of sp³-hybridized carbons (Fsp3) is 0.400. The Morgan fingerprint density at radius 3 is 2.65 bits per heavy atom. The molecular weight excluding hydrogens is 298 g/mol. The Labute approximate surface area is 134 Å².